The second kappa shape index (κ2) is 11.5. The Morgan fingerprint density at radius 2 is 1.52 bits per heavy atom. The lowest BCUT2D eigenvalue weighted by Gasteiger charge is -2.24. The number of nitrogens with one attached hydrogen (secondary N) is 2. The zero-order valence-electron chi connectivity index (χ0n) is 20.1. The van der Waals surface area contributed by atoms with Gasteiger partial charge in [-0.05, 0) is 28.0 Å². The maximum Gasteiger partial charge on any atom is 0.408 e. The standard InChI is InChI=1S/C26H35N3O4/c1-17(2)22(29-25(32)33-16-19-9-7-6-8-10-19)24(31)28-21(23(27)30)15-18-11-13-20(14-12-18)26(3,4)5/h6-14,17,21-22H,15-16H2,1-5H3,(H2,27,30)(H,28,31)(H,29,32)/t21-,22+/m1/s1. The molecule has 0 unspecified atom stereocenters. The SMILES string of the molecule is CC(C)[C@H](NC(=O)OCc1ccccc1)C(=O)N[C@H](Cc1ccc(C(C)(C)C)cc1)C(N)=O. The van der Waals surface area contributed by atoms with E-state index in [0.29, 0.717) is 0 Å². The highest BCUT2D eigenvalue weighted by atomic mass is 16.5. The van der Waals surface area contributed by atoms with Gasteiger partial charge in [-0.15, -0.1) is 0 Å². The van der Waals surface area contributed by atoms with Crippen molar-refractivity contribution < 1.29 is 19.1 Å². The largest absolute Gasteiger partial charge is 0.445 e. The third-order valence-corrected chi connectivity index (χ3v) is 5.35. The summed E-state index contributed by atoms with van der Waals surface area (Å²) in [5.74, 6) is -1.36. The summed E-state index contributed by atoms with van der Waals surface area (Å²) in [6.45, 7) is 10.1. The molecule has 0 saturated heterocycles. The normalized spacial score (nSPS) is 13.2. The van der Waals surface area contributed by atoms with E-state index in [0.717, 1.165) is 11.1 Å². The third-order valence-electron chi connectivity index (χ3n) is 5.35. The Kier molecular flexibility index (Phi) is 9.02. The fourth-order valence-corrected chi connectivity index (χ4v) is 3.29. The van der Waals surface area contributed by atoms with Crippen LogP contribution in [0.25, 0.3) is 0 Å². The van der Waals surface area contributed by atoms with Crippen molar-refractivity contribution in [2.24, 2.45) is 11.7 Å². The molecule has 7 nitrogen and oxygen atoms in total. The average molecular weight is 454 g/mol. The van der Waals surface area contributed by atoms with Crippen molar-refractivity contribution in [1.82, 2.24) is 10.6 Å². The molecule has 2 aromatic carbocycles. The summed E-state index contributed by atoms with van der Waals surface area (Å²) < 4.78 is 5.22. The highest BCUT2D eigenvalue weighted by molar-refractivity contribution is 5.91. The monoisotopic (exact) mass is 453 g/mol. The lowest BCUT2D eigenvalue weighted by Crippen LogP contribution is -2.55. The zero-order chi connectivity index (χ0) is 24.6. The van der Waals surface area contributed by atoms with E-state index in [4.69, 9.17) is 10.5 Å². The minimum absolute atomic E-state index is 0.0150. The molecule has 0 saturated carbocycles. The van der Waals surface area contributed by atoms with Crippen molar-refractivity contribution in [3.63, 3.8) is 0 Å². The van der Waals surface area contributed by atoms with E-state index in [1.165, 1.54) is 5.56 Å². The van der Waals surface area contributed by atoms with Crippen LogP contribution in [0.5, 0.6) is 0 Å². The van der Waals surface area contributed by atoms with Gasteiger partial charge in [0, 0.05) is 6.42 Å². The predicted octanol–water partition coefficient (Wildman–Crippen LogP) is 3.45. The Morgan fingerprint density at radius 1 is 0.909 bits per heavy atom. The Labute approximate surface area is 196 Å². The van der Waals surface area contributed by atoms with Gasteiger partial charge >= 0.3 is 6.09 Å². The van der Waals surface area contributed by atoms with Crippen molar-refractivity contribution in [3.8, 4) is 0 Å². The first-order valence-corrected chi connectivity index (χ1v) is 11.1. The molecule has 0 aliphatic carbocycles. The predicted molar refractivity (Wildman–Crippen MR) is 128 cm³/mol. The first-order chi connectivity index (χ1) is 15.5. The molecule has 2 rings (SSSR count). The van der Waals surface area contributed by atoms with Gasteiger partial charge in [0.15, 0.2) is 0 Å². The van der Waals surface area contributed by atoms with E-state index in [-0.39, 0.29) is 24.4 Å². The van der Waals surface area contributed by atoms with Crippen molar-refractivity contribution in [1.29, 1.82) is 0 Å². The van der Waals surface area contributed by atoms with E-state index in [1.54, 1.807) is 13.8 Å². The molecular formula is C26H35N3O4. The lowest BCUT2D eigenvalue weighted by atomic mass is 9.86. The van der Waals surface area contributed by atoms with Gasteiger partial charge in [-0.25, -0.2) is 4.79 Å². The number of hydrogen-bond donors (Lipinski definition) is 3. The average Bonchev–Trinajstić information content (AvgIpc) is 2.75. The van der Waals surface area contributed by atoms with Crippen LogP contribution in [-0.2, 0) is 32.8 Å². The number of amides is 3. The van der Waals surface area contributed by atoms with Crippen molar-refractivity contribution >= 4 is 17.9 Å². The molecule has 178 valence electrons. The molecule has 0 aromatic heterocycles. The number of ether oxygens (including phenoxy) is 1. The third kappa shape index (κ3) is 8.25. The van der Waals surface area contributed by atoms with Crippen LogP contribution in [0.1, 0.15) is 51.3 Å². The van der Waals surface area contributed by atoms with Crippen LogP contribution < -0.4 is 16.4 Å². The Morgan fingerprint density at radius 3 is 2.03 bits per heavy atom. The molecule has 0 spiro atoms. The summed E-state index contributed by atoms with van der Waals surface area (Å²) in [6, 6.07) is 15.4. The zero-order valence-corrected chi connectivity index (χ0v) is 20.1. The maximum absolute atomic E-state index is 12.9. The van der Waals surface area contributed by atoms with Gasteiger partial charge in [0.05, 0.1) is 0 Å². The molecule has 2 aromatic rings. The van der Waals surface area contributed by atoms with E-state index in [2.05, 4.69) is 31.4 Å². The molecule has 33 heavy (non-hydrogen) atoms. The summed E-state index contributed by atoms with van der Waals surface area (Å²) in [7, 11) is 0. The summed E-state index contributed by atoms with van der Waals surface area (Å²) in [4.78, 5) is 37.2. The highest BCUT2D eigenvalue weighted by Crippen LogP contribution is 2.22. The van der Waals surface area contributed by atoms with Gasteiger partial charge in [0.2, 0.25) is 11.8 Å². The van der Waals surface area contributed by atoms with E-state index in [1.807, 2.05) is 54.6 Å². The van der Waals surface area contributed by atoms with Crippen LogP contribution in [-0.4, -0.2) is 30.0 Å². The first-order valence-electron chi connectivity index (χ1n) is 11.1. The first kappa shape index (κ1) is 25.9. The molecule has 7 heteroatoms. The maximum atomic E-state index is 12.9. The van der Waals surface area contributed by atoms with Gasteiger partial charge < -0.3 is 21.1 Å². The molecule has 3 amide bonds. The van der Waals surface area contributed by atoms with Crippen LogP contribution in [0.3, 0.4) is 0 Å². The summed E-state index contributed by atoms with van der Waals surface area (Å²) in [6.07, 6.45) is -0.449. The van der Waals surface area contributed by atoms with Gasteiger partial charge in [0.25, 0.3) is 0 Å². The quantitative estimate of drug-likeness (QED) is 0.540. The van der Waals surface area contributed by atoms with Crippen LogP contribution in [0.4, 0.5) is 4.79 Å². The molecule has 0 bridgehead atoms. The number of carbonyl (C=O) groups is 3. The van der Waals surface area contributed by atoms with Crippen molar-refractivity contribution in [2.75, 3.05) is 0 Å². The summed E-state index contributed by atoms with van der Waals surface area (Å²) >= 11 is 0. The number of nitrogens with two attached hydrogens (primary N) is 1. The second-order valence-electron chi connectivity index (χ2n) is 9.54. The van der Waals surface area contributed by atoms with Gasteiger partial charge in [-0.1, -0.05) is 89.2 Å². The molecule has 4 N–H and O–H groups in total. The number of alkyl carbamates (subject to hydrolysis) is 1. The minimum atomic E-state index is -0.902. The molecule has 0 aliphatic heterocycles. The fraction of sp³-hybridized carbons (Fsp3) is 0.423. The summed E-state index contributed by atoms with van der Waals surface area (Å²) in [5, 5.41) is 5.28. The molecular weight excluding hydrogens is 418 g/mol. The van der Waals surface area contributed by atoms with Gasteiger partial charge in [-0.2, -0.15) is 0 Å². The summed E-state index contributed by atoms with van der Waals surface area (Å²) in [5.41, 5.74) is 8.46. The van der Waals surface area contributed by atoms with E-state index < -0.39 is 30.0 Å². The number of primary amides is 1. The number of benzene rings is 2. The Hall–Kier alpha value is -3.35. The molecule has 0 fully saturated rings. The van der Waals surface area contributed by atoms with E-state index >= 15 is 0 Å². The molecule has 0 heterocycles. The molecule has 0 aliphatic rings. The van der Waals surface area contributed by atoms with Crippen LogP contribution in [0, 0.1) is 5.92 Å². The second-order valence-corrected chi connectivity index (χ2v) is 9.54. The van der Waals surface area contributed by atoms with E-state index in [9.17, 15) is 14.4 Å². The number of hydrogen-bond acceptors (Lipinski definition) is 4. The Balaban J connectivity index is 2.00. The van der Waals surface area contributed by atoms with Crippen LogP contribution in [0.2, 0.25) is 0 Å². The topological polar surface area (TPSA) is 111 Å². The minimum Gasteiger partial charge on any atom is -0.445 e. The van der Waals surface area contributed by atoms with Crippen molar-refractivity contribution in [2.45, 2.75) is 65.1 Å². The number of rotatable bonds is 9. The van der Waals surface area contributed by atoms with Gasteiger partial charge in [0.1, 0.15) is 18.7 Å². The highest BCUT2D eigenvalue weighted by Gasteiger charge is 2.28. The Bertz CT molecular complexity index is 934. The van der Waals surface area contributed by atoms with Crippen LogP contribution in [0.15, 0.2) is 54.6 Å². The van der Waals surface area contributed by atoms with Crippen LogP contribution >= 0.6 is 0 Å². The lowest BCUT2D eigenvalue weighted by molar-refractivity contribution is -0.129. The van der Waals surface area contributed by atoms with Crippen molar-refractivity contribution in [3.05, 3.63) is 71.3 Å². The number of carbonyl (C=O) groups excluding carboxylic acids is 3. The van der Waals surface area contributed by atoms with Gasteiger partial charge in [-0.3, -0.25) is 9.59 Å². The molecule has 2 atom stereocenters. The fourth-order valence-electron chi connectivity index (χ4n) is 3.29. The smallest absolute Gasteiger partial charge is 0.408 e. The molecule has 0 radical (unpaired) electrons.